The van der Waals surface area contributed by atoms with Crippen molar-refractivity contribution >= 4 is 22.6 Å². The van der Waals surface area contributed by atoms with Gasteiger partial charge in [-0.15, -0.1) is 0 Å². The molecule has 82 valence electrons. The number of pyridine rings is 1. The number of rotatable bonds is 3. The molecule has 4 heteroatoms. The van der Waals surface area contributed by atoms with Crippen LogP contribution in [0.3, 0.4) is 0 Å². The van der Waals surface area contributed by atoms with E-state index in [1.54, 1.807) is 12.4 Å². The zero-order valence-corrected chi connectivity index (χ0v) is 10.7. The first kappa shape index (κ1) is 11.3. The summed E-state index contributed by atoms with van der Waals surface area (Å²) in [4.78, 5) is 4.06. The van der Waals surface area contributed by atoms with Gasteiger partial charge < -0.3 is 10.5 Å². The average molecular weight is 326 g/mol. The van der Waals surface area contributed by atoms with Gasteiger partial charge >= 0.3 is 0 Å². The number of hydrogen-bond donors (Lipinski definition) is 1. The average Bonchev–Trinajstić information content (AvgIpc) is 2.32. The molecule has 0 aliphatic rings. The molecule has 0 fully saturated rings. The summed E-state index contributed by atoms with van der Waals surface area (Å²) in [5.41, 5.74) is 6.50. The highest BCUT2D eigenvalue weighted by Crippen LogP contribution is 2.21. The first-order valence-corrected chi connectivity index (χ1v) is 5.93. The normalized spacial score (nSPS) is 10.1. The van der Waals surface area contributed by atoms with Crippen molar-refractivity contribution in [1.82, 2.24) is 4.98 Å². The Labute approximate surface area is 108 Å². The van der Waals surface area contributed by atoms with Crippen LogP contribution in [0.4, 0.5) is 0 Å². The summed E-state index contributed by atoms with van der Waals surface area (Å²) in [6.07, 6.45) is 3.41. The molecule has 0 spiro atoms. The minimum absolute atomic E-state index is 0.469. The van der Waals surface area contributed by atoms with Crippen LogP contribution in [-0.4, -0.2) is 4.98 Å². The van der Waals surface area contributed by atoms with E-state index in [1.807, 2.05) is 30.3 Å². The Hall–Kier alpha value is -1.14. The van der Waals surface area contributed by atoms with Crippen LogP contribution < -0.4 is 10.5 Å². The van der Waals surface area contributed by atoms with Crippen molar-refractivity contribution in [2.24, 2.45) is 5.73 Å². The second-order valence-corrected chi connectivity index (χ2v) is 4.53. The summed E-state index contributed by atoms with van der Waals surface area (Å²) in [6, 6.07) is 9.74. The summed E-state index contributed by atoms with van der Waals surface area (Å²) in [7, 11) is 0. The number of nitrogens with two attached hydrogens (primary N) is 1. The molecule has 0 aliphatic heterocycles. The number of benzene rings is 1. The van der Waals surface area contributed by atoms with Crippen LogP contribution in [-0.2, 0) is 6.54 Å². The number of nitrogens with zero attached hydrogens (tertiary/aromatic N) is 1. The lowest BCUT2D eigenvalue weighted by Gasteiger charge is -2.06. The van der Waals surface area contributed by atoms with E-state index in [-0.39, 0.29) is 0 Å². The van der Waals surface area contributed by atoms with E-state index in [4.69, 9.17) is 10.5 Å². The molecule has 0 saturated heterocycles. The Kier molecular flexibility index (Phi) is 3.74. The molecule has 2 aromatic rings. The standard InChI is InChI=1S/C12H11IN2O/c13-10-1-3-11(4-2-10)16-12-5-9(6-14)7-15-8-12/h1-5,7-8H,6,14H2. The van der Waals surface area contributed by atoms with E-state index in [0.717, 1.165) is 11.3 Å². The number of hydrogen-bond acceptors (Lipinski definition) is 3. The minimum atomic E-state index is 0.469. The fourth-order valence-corrected chi connectivity index (χ4v) is 1.63. The van der Waals surface area contributed by atoms with Gasteiger partial charge in [0, 0.05) is 16.3 Å². The molecule has 0 amide bonds. The SMILES string of the molecule is NCc1cncc(Oc2ccc(I)cc2)c1. The molecule has 1 aromatic heterocycles. The second-order valence-electron chi connectivity index (χ2n) is 3.29. The fourth-order valence-electron chi connectivity index (χ4n) is 1.27. The van der Waals surface area contributed by atoms with Gasteiger partial charge in [0.1, 0.15) is 11.5 Å². The molecule has 3 nitrogen and oxygen atoms in total. The van der Waals surface area contributed by atoms with E-state index >= 15 is 0 Å². The van der Waals surface area contributed by atoms with E-state index in [9.17, 15) is 0 Å². The molecule has 0 saturated carbocycles. The Morgan fingerprint density at radius 1 is 1.12 bits per heavy atom. The van der Waals surface area contributed by atoms with E-state index < -0.39 is 0 Å². The third kappa shape index (κ3) is 2.93. The van der Waals surface area contributed by atoms with Crippen molar-refractivity contribution in [3.8, 4) is 11.5 Å². The van der Waals surface area contributed by atoms with Crippen molar-refractivity contribution in [1.29, 1.82) is 0 Å². The zero-order valence-electron chi connectivity index (χ0n) is 8.56. The van der Waals surface area contributed by atoms with Gasteiger partial charge in [0.15, 0.2) is 0 Å². The van der Waals surface area contributed by atoms with Gasteiger partial charge in [0.05, 0.1) is 6.20 Å². The maximum absolute atomic E-state index is 5.65. The highest BCUT2D eigenvalue weighted by molar-refractivity contribution is 14.1. The van der Waals surface area contributed by atoms with Crippen LogP contribution in [0.25, 0.3) is 0 Å². The summed E-state index contributed by atoms with van der Waals surface area (Å²) in [6.45, 7) is 0.469. The highest BCUT2D eigenvalue weighted by Gasteiger charge is 1.98. The van der Waals surface area contributed by atoms with E-state index in [0.29, 0.717) is 12.3 Å². The number of ether oxygens (including phenoxy) is 1. The third-order valence-electron chi connectivity index (χ3n) is 2.05. The van der Waals surface area contributed by atoms with Gasteiger partial charge in [-0.1, -0.05) is 0 Å². The van der Waals surface area contributed by atoms with Gasteiger partial charge in [-0.25, -0.2) is 0 Å². The molecule has 0 aliphatic carbocycles. The fraction of sp³-hybridized carbons (Fsp3) is 0.0833. The maximum atomic E-state index is 5.65. The minimum Gasteiger partial charge on any atom is -0.456 e. The predicted molar refractivity (Wildman–Crippen MR) is 71.4 cm³/mol. The molecular formula is C12H11IN2O. The lowest BCUT2D eigenvalue weighted by atomic mass is 10.3. The first-order valence-electron chi connectivity index (χ1n) is 4.85. The monoisotopic (exact) mass is 326 g/mol. The second kappa shape index (κ2) is 5.27. The molecule has 0 radical (unpaired) electrons. The Morgan fingerprint density at radius 2 is 1.88 bits per heavy atom. The smallest absolute Gasteiger partial charge is 0.146 e. The molecule has 1 heterocycles. The van der Waals surface area contributed by atoms with Gasteiger partial charge in [-0.05, 0) is 58.5 Å². The van der Waals surface area contributed by atoms with Gasteiger partial charge in [-0.3, -0.25) is 4.98 Å². The lowest BCUT2D eigenvalue weighted by Crippen LogP contribution is -1.97. The van der Waals surface area contributed by atoms with Crippen LogP contribution in [0, 0.1) is 3.57 Å². The van der Waals surface area contributed by atoms with Crippen LogP contribution in [0.15, 0.2) is 42.7 Å². The zero-order chi connectivity index (χ0) is 11.4. The van der Waals surface area contributed by atoms with Crippen LogP contribution in [0.5, 0.6) is 11.5 Å². The summed E-state index contributed by atoms with van der Waals surface area (Å²) < 4.78 is 6.83. The van der Waals surface area contributed by atoms with E-state index in [1.165, 1.54) is 3.57 Å². The topological polar surface area (TPSA) is 48.1 Å². The molecule has 2 N–H and O–H groups in total. The summed E-state index contributed by atoms with van der Waals surface area (Å²) >= 11 is 2.25. The molecular weight excluding hydrogens is 315 g/mol. The molecule has 0 atom stereocenters. The molecule has 2 rings (SSSR count). The first-order chi connectivity index (χ1) is 7.78. The largest absolute Gasteiger partial charge is 0.456 e. The lowest BCUT2D eigenvalue weighted by molar-refractivity contribution is 0.479. The Morgan fingerprint density at radius 3 is 2.56 bits per heavy atom. The van der Waals surface area contributed by atoms with Gasteiger partial charge in [-0.2, -0.15) is 0 Å². The van der Waals surface area contributed by atoms with Crippen LogP contribution >= 0.6 is 22.6 Å². The van der Waals surface area contributed by atoms with Gasteiger partial charge in [0.25, 0.3) is 0 Å². The molecule has 0 unspecified atom stereocenters. The van der Waals surface area contributed by atoms with Crippen molar-refractivity contribution in [2.45, 2.75) is 6.54 Å². The number of halogens is 1. The van der Waals surface area contributed by atoms with Crippen molar-refractivity contribution in [2.75, 3.05) is 0 Å². The highest BCUT2D eigenvalue weighted by atomic mass is 127. The van der Waals surface area contributed by atoms with Crippen molar-refractivity contribution in [3.63, 3.8) is 0 Å². The Balaban J connectivity index is 2.16. The summed E-state index contributed by atoms with van der Waals surface area (Å²) in [5, 5.41) is 0. The third-order valence-corrected chi connectivity index (χ3v) is 2.77. The molecule has 0 bridgehead atoms. The van der Waals surface area contributed by atoms with E-state index in [2.05, 4.69) is 27.6 Å². The van der Waals surface area contributed by atoms with Crippen LogP contribution in [0.1, 0.15) is 5.56 Å². The Bertz CT molecular complexity index is 471. The number of aromatic nitrogens is 1. The molecule has 1 aromatic carbocycles. The maximum Gasteiger partial charge on any atom is 0.146 e. The molecule has 16 heavy (non-hydrogen) atoms. The predicted octanol–water partition coefficient (Wildman–Crippen LogP) is 2.94. The van der Waals surface area contributed by atoms with Crippen LogP contribution in [0.2, 0.25) is 0 Å². The summed E-state index contributed by atoms with van der Waals surface area (Å²) in [5.74, 6) is 1.51. The van der Waals surface area contributed by atoms with Crippen molar-refractivity contribution < 1.29 is 4.74 Å². The van der Waals surface area contributed by atoms with Crippen molar-refractivity contribution in [3.05, 3.63) is 51.9 Å². The van der Waals surface area contributed by atoms with Gasteiger partial charge in [0.2, 0.25) is 0 Å². The quantitative estimate of drug-likeness (QED) is 0.883.